The molecule has 0 spiro atoms. The topological polar surface area (TPSA) is 95.8 Å². The molecule has 0 unspecified atom stereocenters. The number of hydrogen-bond donors (Lipinski definition) is 0. The van der Waals surface area contributed by atoms with Crippen molar-refractivity contribution in [3.63, 3.8) is 0 Å². The van der Waals surface area contributed by atoms with E-state index in [0.29, 0.717) is 35.8 Å². The molecule has 0 aliphatic heterocycles. The molecular formula is C59H66N2O6. The van der Waals surface area contributed by atoms with E-state index in [9.17, 15) is 9.59 Å². The monoisotopic (exact) mass is 898 g/mol. The standard InChI is InChI=1S/C59H66N2O6/c1-3-5-7-9-11-13-15-41-64-54-37-25-50(26-38-54)58(62)66-56-33-21-48(22-34-56)44-60-52-29-17-46(18-30-52)43-47-19-31-53(32-20-47)61-45-49-23-35-57(36-24-49)67-59(63)51-27-39-55(40-28-51)65-42-16-14-12-10-8-6-4-2/h17-40,44-45H,3-16,41-43H2,1-2H3. The Morgan fingerprint density at radius 2 is 0.716 bits per heavy atom. The minimum Gasteiger partial charge on any atom is -0.494 e. The number of rotatable bonds is 28. The number of esters is 2. The molecule has 67 heavy (non-hydrogen) atoms. The zero-order valence-electron chi connectivity index (χ0n) is 39.4. The van der Waals surface area contributed by atoms with Crippen LogP contribution in [0.25, 0.3) is 0 Å². The summed E-state index contributed by atoms with van der Waals surface area (Å²) in [5, 5.41) is 0. The molecule has 0 saturated carbocycles. The van der Waals surface area contributed by atoms with E-state index in [1.807, 2.05) is 72.8 Å². The molecule has 0 amide bonds. The van der Waals surface area contributed by atoms with Crippen molar-refractivity contribution in [3.05, 3.63) is 179 Å². The number of benzene rings is 6. The van der Waals surface area contributed by atoms with Gasteiger partial charge in [0.2, 0.25) is 0 Å². The van der Waals surface area contributed by atoms with Crippen LogP contribution in [0.15, 0.2) is 156 Å². The van der Waals surface area contributed by atoms with Crippen LogP contribution in [-0.2, 0) is 6.42 Å². The molecule has 0 atom stereocenters. The molecule has 0 aromatic heterocycles. The molecule has 6 aromatic rings. The Bertz CT molecular complexity index is 2230. The second-order valence-electron chi connectivity index (χ2n) is 16.9. The fourth-order valence-corrected chi connectivity index (χ4v) is 7.38. The van der Waals surface area contributed by atoms with Crippen LogP contribution >= 0.6 is 0 Å². The zero-order chi connectivity index (χ0) is 46.7. The molecule has 0 N–H and O–H groups in total. The van der Waals surface area contributed by atoms with E-state index in [1.54, 1.807) is 61.0 Å². The normalized spacial score (nSPS) is 11.3. The third kappa shape index (κ3) is 18.2. The van der Waals surface area contributed by atoms with Crippen molar-refractivity contribution in [2.45, 2.75) is 110 Å². The molecule has 6 rings (SSSR count). The van der Waals surface area contributed by atoms with Crippen LogP contribution in [0.3, 0.4) is 0 Å². The van der Waals surface area contributed by atoms with Crippen LogP contribution < -0.4 is 18.9 Å². The summed E-state index contributed by atoms with van der Waals surface area (Å²) in [4.78, 5) is 34.8. The first-order valence-electron chi connectivity index (χ1n) is 24.3. The first-order valence-corrected chi connectivity index (χ1v) is 24.3. The van der Waals surface area contributed by atoms with Gasteiger partial charge in [-0.25, -0.2) is 9.59 Å². The minimum absolute atomic E-state index is 0.414. The van der Waals surface area contributed by atoms with Gasteiger partial charge in [0.15, 0.2) is 0 Å². The van der Waals surface area contributed by atoms with Gasteiger partial charge in [-0.2, -0.15) is 0 Å². The SMILES string of the molecule is CCCCCCCCCOc1ccc(C(=O)Oc2ccc(C=Nc3ccc(Cc4ccc(N=Cc5ccc(OC(=O)c6ccc(OCCCCCCCCC)cc6)cc5)cc4)cc3)cc2)cc1. The van der Waals surface area contributed by atoms with Crippen molar-refractivity contribution in [3.8, 4) is 23.0 Å². The Hall–Kier alpha value is -6.80. The fourth-order valence-electron chi connectivity index (χ4n) is 7.38. The van der Waals surface area contributed by atoms with E-state index in [1.165, 1.54) is 88.2 Å². The van der Waals surface area contributed by atoms with Crippen LogP contribution in [0.1, 0.15) is 147 Å². The molecule has 0 aliphatic carbocycles. The van der Waals surface area contributed by atoms with Crippen LogP contribution in [0.2, 0.25) is 0 Å². The Morgan fingerprint density at radius 3 is 1.07 bits per heavy atom. The maximum Gasteiger partial charge on any atom is 0.343 e. The molecule has 8 heteroatoms. The van der Waals surface area contributed by atoms with Gasteiger partial charge in [-0.15, -0.1) is 0 Å². The number of hydrogen-bond acceptors (Lipinski definition) is 8. The highest BCUT2D eigenvalue weighted by Gasteiger charge is 2.11. The predicted molar refractivity (Wildman–Crippen MR) is 273 cm³/mol. The molecule has 8 nitrogen and oxygen atoms in total. The van der Waals surface area contributed by atoms with Crippen molar-refractivity contribution in [1.82, 2.24) is 0 Å². The van der Waals surface area contributed by atoms with Gasteiger partial charge >= 0.3 is 11.9 Å². The van der Waals surface area contributed by atoms with Crippen LogP contribution in [-0.4, -0.2) is 37.6 Å². The van der Waals surface area contributed by atoms with Crippen LogP contribution in [0.4, 0.5) is 11.4 Å². The van der Waals surface area contributed by atoms with E-state index >= 15 is 0 Å². The lowest BCUT2D eigenvalue weighted by Gasteiger charge is -2.08. The predicted octanol–water partition coefficient (Wildman–Crippen LogP) is 15.5. The number of carbonyl (C=O) groups excluding carboxylic acids is 2. The van der Waals surface area contributed by atoms with Crippen LogP contribution in [0, 0.1) is 0 Å². The van der Waals surface area contributed by atoms with Crippen molar-refractivity contribution in [1.29, 1.82) is 0 Å². The maximum atomic E-state index is 12.8. The summed E-state index contributed by atoms with van der Waals surface area (Å²) in [6, 6.07) is 45.2. The summed E-state index contributed by atoms with van der Waals surface area (Å²) in [6.07, 6.45) is 21.7. The summed E-state index contributed by atoms with van der Waals surface area (Å²) in [7, 11) is 0. The summed E-state index contributed by atoms with van der Waals surface area (Å²) < 4.78 is 22.9. The van der Waals surface area contributed by atoms with Crippen molar-refractivity contribution < 1.29 is 28.5 Å². The summed E-state index contributed by atoms with van der Waals surface area (Å²) in [5.74, 6) is 1.63. The number of unbranched alkanes of at least 4 members (excludes halogenated alkanes) is 12. The number of ether oxygens (including phenoxy) is 4. The van der Waals surface area contributed by atoms with Crippen LogP contribution in [0.5, 0.6) is 23.0 Å². The summed E-state index contributed by atoms with van der Waals surface area (Å²) in [6.45, 7) is 5.84. The first-order chi connectivity index (χ1) is 32.9. The molecule has 0 aliphatic rings. The van der Waals surface area contributed by atoms with E-state index in [-0.39, 0.29) is 0 Å². The fraction of sp³-hybridized carbons (Fsp3) is 0.322. The highest BCUT2D eigenvalue weighted by atomic mass is 16.5. The molecule has 0 heterocycles. The molecule has 0 saturated heterocycles. The van der Waals surface area contributed by atoms with Gasteiger partial charge in [-0.05, 0) is 163 Å². The van der Waals surface area contributed by atoms with Gasteiger partial charge in [-0.3, -0.25) is 9.98 Å². The third-order valence-electron chi connectivity index (χ3n) is 11.4. The summed E-state index contributed by atoms with van der Waals surface area (Å²) >= 11 is 0. The zero-order valence-corrected chi connectivity index (χ0v) is 39.4. The van der Waals surface area contributed by atoms with E-state index in [0.717, 1.165) is 53.3 Å². The van der Waals surface area contributed by atoms with Crippen molar-refractivity contribution in [2.75, 3.05) is 13.2 Å². The smallest absolute Gasteiger partial charge is 0.343 e. The van der Waals surface area contributed by atoms with E-state index in [4.69, 9.17) is 18.9 Å². The Kier molecular flexibility index (Phi) is 21.0. The highest BCUT2D eigenvalue weighted by Crippen LogP contribution is 2.22. The van der Waals surface area contributed by atoms with Gasteiger partial charge in [0.1, 0.15) is 23.0 Å². The van der Waals surface area contributed by atoms with E-state index in [2.05, 4.69) is 48.1 Å². The second-order valence-corrected chi connectivity index (χ2v) is 16.9. The largest absolute Gasteiger partial charge is 0.494 e. The first kappa shape index (κ1) is 49.6. The number of carbonyl (C=O) groups is 2. The Labute approximate surface area is 398 Å². The second kappa shape index (κ2) is 28.3. The molecule has 0 radical (unpaired) electrons. The Morgan fingerprint density at radius 1 is 0.388 bits per heavy atom. The molecule has 0 fully saturated rings. The maximum absolute atomic E-state index is 12.8. The average molecular weight is 899 g/mol. The number of nitrogens with zero attached hydrogens (tertiary/aromatic N) is 2. The lowest BCUT2D eigenvalue weighted by Crippen LogP contribution is -2.08. The van der Waals surface area contributed by atoms with Crippen molar-refractivity contribution in [2.24, 2.45) is 9.98 Å². The van der Waals surface area contributed by atoms with Gasteiger partial charge in [0.25, 0.3) is 0 Å². The lowest BCUT2D eigenvalue weighted by molar-refractivity contribution is 0.0725. The molecular weight excluding hydrogens is 833 g/mol. The summed E-state index contributed by atoms with van der Waals surface area (Å²) in [5.41, 5.74) is 6.76. The number of aliphatic imine (C=N–C) groups is 2. The molecule has 348 valence electrons. The molecule has 0 bridgehead atoms. The quantitative estimate of drug-likeness (QED) is 0.0211. The van der Waals surface area contributed by atoms with E-state index < -0.39 is 11.9 Å². The third-order valence-corrected chi connectivity index (χ3v) is 11.4. The Balaban J connectivity index is 0.873. The van der Waals surface area contributed by atoms with Gasteiger partial charge < -0.3 is 18.9 Å². The average Bonchev–Trinajstić information content (AvgIpc) is 3.36. The van der Waals surface area contributed by atoms with Gasteiger partial charge in [0, 0.05) is 12.4 Å². The minimum atomic E-state index is -0.414. The van der Waals surface area contributed by atoms with Gasteiger partial charge in [0.05, 0.1) is 35.7 Å². The highest BCUT2D eigenvalue weighted by molar-refractivity contribution is 5.92. The molecule has 6 aromatic carbocycles. The van der Waals surface area contributed by atoms with Crippen molar-refractivity contribution >= 4 is 35.7 Å². The lowest BCUT2D eigenvalue weighted by atomic mass is 10.0. The van der Waals surface area contributed by atoms with Gasteiger partial charge in [-0.1, -0.05) is 115 Å².